The van der Waals surface area contributed by atoms with Gasteiger partial charge in [-0.25, -0.2) is 4.79 Å². The van der Waals surface area contributed by atoms with Gasteiger partial charge in [0.15, 0.2) is 0 Å². The molecule has 1 rings (SSSR count). The predicted octanol–water partition coefficient (Wildman–Crippen LogP) is 2.04. The minimum absolute atomic E-state index is 0.0750. The van der Waals surface area contributed by atoms with Gasteiger partial charge in [-0.1, -0.05) is 28.1 Å². The molecule has 0 bridgehead atoms. The zero-order chi connectivity index (χ0) is 11.4. The quantitative estimate of drug-likeness (QED) is 0.624. The van der Waals surface area contributed by atoms with E-state index in [1.165, 1.54) is 7.11 Å². The van der Waals surface area contributed by atoms with Crippen molar-refractivity contribution in [2.75, 3.05) is 7.11 Å². The van der Waals surface area contributed by atoms with Crippen LogP contribution in [0, 0.1) is 6.92 Å². The van der Waals surface area contributed by atoms with Crippen LogP contribution in [0.5, 0.6) is 0 Å². The maximum absolute atomic E-state index is 11.2. The Labute approximate surface area is 96.6 Å². The first-order chi connectivity index (χ1) is 7.04. The summed E-state index contributed by atoms with van der Waals surface area (Å²) in [6.07, 6.45) is 0.0750. The third-order valence-electron chi connectivity index (χ3n) is 2.01. The van der Waals surface area contributed by atoms with Crippen LogP contribution in [0.3, 0.4) is 0 Å². The molecular formula is C11H11BrO3. The second-order valence-electron chi connectivity index (χ2n) is 3.18. The molecule has 0 amide bonds. The number of hydrogen-bond donors (Lipinski definition) is 0. The van der Waals surface area contributed by atoms with E-state index in [4.69, 9.17) is 0 Å². The monoisotopic (exact) mass is 270 g/mol. The maximum Gasteiger partial charge on any atom is 0.374 e. The highest BCUT2D eigenvalue weighted by molar-refractivity contribution is 9.10. The average Bonchev–Trinajstić information content (AvgIpc) is 2.22. The van der Waals surface area contributed by atoms with Crippen LogP contribution >= 0.6 is 15.9 Å². The molecule has 0 N–H and O–H groups in total. The second kappa shape index (κ2) is 5.07. The van der Waals surface area contributed by atoms with E-state index in [2.05, 4.69) is 20.7 Å². The number of halogens is 1. The summed E-state index contributed by atoms with van der Waals surface area (Å²) in [5.74, 6) is -1.33. The van der Waals surface area contributed by atoms with Gasteiger partial charge >= 0.3 is 5.97 Å². The Morgan fingerprint density at radius 2 is 2.07 bits per heavy atom. The standard InChI is InChI=1S/C11H11BrO3/c1-7-3-4-8(5-9(7)12)6-10(13)11(14)15-2/h3-5H,6H2,1-2H3. The van der Waals surface area contributed by atoms with Crippen LogP contribution in [0.2, 0.25) is 0 Å². The fourth-order valence-corrected chi connectivity index (χ4v) is 1.54. The van der Waals surface area contributed by atoms with E-state index in [0.717, 1.165) is 15.6 Å². The topological polar surface area (TPSA) is 43.4 Å². The molecule has 0 heterocycles. The first kappa shape index (κ1) is 11.9. The maximum atomic E-state index is 11.2. The van der Waals surface area contributed by atoms with Gasteiger partial charge in [0.25, 0.3) is 0 Å². The fourth-order valence-electron chi connectivity index (χ4n) is 1.12. The summed E-state index contributed by atoms with van der Waals surface area (Å²) < 4.78 is 5.27. The van der Waals surface area contributed by atoms with Crippen LogP contribution in [0.4, 0.5) is 0 Å². The SMILES string of the molecule is COC(=O)C(=O)Cc1ccc(C)c(Br)c1. The van der Waals surface area contributed by atoms with Gasteiger partial charge in [0.05, 0.1) is 7.11 Å². The van der Waals surface area contributed by atoms with Crippen molar-refractivity contribution < 1.29 is 14.3 Å². The van der Waals surface area contributed by atoms with Crippen LogP contribution < -0.4 is 0 Å². The molecule has 0 atom stereocenters. The molecule has 0 aliphatic heterocycles. The number of methoxy groups -OCH3 is 1. The van der Waals surface area contributed by atoms with Crippen LogP contribution in [-0.2, 0) is 20.7 Å². The first-order valence-electron chi connectivity index (χ1n) is 4.40. The number of esters is 1. The molecule has 80 valence electrons. The number of ketones is 1. The molecular weight excluding hydrogens is 260 g/mol. The lowest BCUT2D eigenvalue weighted by Crippen LogP contribution is -2.17. The van der Waals surface area contributed by atoms with Gasteiger partial charge in [0, 0.05) is 10.9 Å². The minimum atomic E-state index is -0.799. The van der Waals surface area contributed by atoms with Crippen molar-refractivity contribution in [2.45, 2.75) is 13.3 Å². The number of ether oxygens (including phenoxy) is 1. The van der Waals surface area contributed by atoms with Crippen molar-refractivity contribution in [3.8, 4) is 0 Å². The van der Waals surface area contributed by atoms with E-state index in [1.807, 2.05) is 25.1 Å². The average molecular weight is 271 g/mol. The second-order valence-corrected chi connectivity index (χ2v) is 4.03. The number of carbonyl (C=O) groups is 2. The first-order valence-corrected chi connectivity index (χ1v) is 5.20. The van der Waals surface area contributed by atoms with Crippen molar-refractivity contribution in [3.63, 3.8) is 0 Å². The lowest BCUT2D eigenvalue weighted by atomic mass is 10.1. The van der Waals surface area contributed by atoms with Crippen molar-refractivity contribution in [3.05, 3.63) is 33.8 Å². The number of carbonyl (C=O) groups excluding carboxylic acids is 2. The molecule has 0 aliphatic rings. The zero-order valence-electron chi connectivity index (χ0n) is 8.54. The summed E-state index contributed by atoms with van der Waals surface area (Å²) in [4.78, 5) is 22.1. The lowest BCUT2D eigenvalue weighted by Gasteiger charge is -2.02. The molecule has 0 aliphatic carbocycles. The Morgan fingerprint density at radius 3 is 2.60 bits per heavy atom. The Morgan fingerprint density at radius 1 is 1.40 bits per heavy atom. The summed E-state index contributed by atoms with van der Waals surface area (Å²) in [5, 5.41) is 0. The molecule has 0 spiro atoms. The molecule has 1 aromatic carbocycles. The molecule has 0 saturated carbocycles. The lowest BCUT2D eigenvalue weighted by molar-refractivity contribution is -0.151. The van der Waals surface area contributed by atoms with Gasteiger partial charge < -0.3 is 4.74 Å². The normalized spacial score (nSPS) is 9.80. The fraction of sp³-hybridized carbons (Fsp3) is 0.273. The molecule has 3 nitrogen and oxygen atoms in total. The van der Waals surface area contributed by atoms with Crippen LogP contribution in [0.15, 0.2) is 22.7 Å². The van der Waals surface area contributed by atoms with E-state index in [-0.39, 0.29) is 6.42 Å². The number of Topliss-reactive ketones (excluding diaryl/α,β-unsaturated/α-hetero) is 1. The summed E-state index contributed by atoms with van der Waals surface area (Å²) in [6, 6.07) is 5.54. The van der Waals surface area contributed by atoms with Crippen LogP contribution in [-0.4, -0.2) is 18.9 Å². The Balaban J connectivity index is 2.77. The third kappa shape index (κ3) is 3.16. The number of hydrogen-bond acceptors (Lipinski definition) is 3. The van der Waals surface area contributed by atoms with Gasteiger partial charge in [-0.05, 0) is 24.1 Å². The summed E-state index contributed by atoms with van der Waals surface area (Å²) in [5.41, 5.74) is 1.88. The van der Waals surface area contributed by atoms with Gasteiger partial charge in [-0.3, -0.25) is 4.79 Å². The van der Waals surface area contributed by atoms with Crippen molar-refractivity contribution in [1.82, 2.24) is 0 Å². The summed E-state index contributed by atoms with van der Waals surface area (Å²) >= 11 is 3.36. The zero-order valence-corrected chi connectivity index (χ0v) is 10.1. The van der Waals surface area contributed by atoms with Crippen molar-refractivity contribution in [1.29, 1.82) is 0 Å². The van der Waals surface area contributed by atoms with Crippen molar-refractivity contribution >= 4 is 27.7 Å². The highest BCUT2D eigenvalue weighted by atomic mass is 79.9. The minimum Gasteiger partial charge on any atom is -0.463 e. The number of rotatable bonds is 3. The van der Waals surface area contributed by atoms with Gasteiger partial charge in [-0.2, -0.15) is 0 Å². The van der Waals surface area contributed by atoms with E-state index in [0.29, 0.717) is 0 Å². The molecule has 0 saturated heterocycles. The van der Waals surface area contributed by atoms with E-state index >= 15 is 0 Å². The Hall–Kier alpha value is -1.16. The van der Waals surface area contributed by atoms with Crippen LogP contribution in [0.25, 0.3) is 0 Å². The Bertz CT molecular complexity index is 399. The third-order valence-corrected chi connectivity index (χ3v) is 2.87. The molecule has 0 fully saturated rings. The highest BCUT2D eigenvalue weighted by Crippen LogP contribution is 2.17. The van der Waals surface area contributed by atoms with E-state index in [1.54, 1.807) is 0 Å². The van der Waals surface area contributed by atoms with Gasteiger partial charge in [0.1, 0.15) is 0 Å². The smallest absolute Gasteiger partial charge is 0.374 e. The number of aryl methyl sites for hydroxylation is 1. The largest absolute Gasteiger partial charge is 0.463 e. The van der Waals surface area contributed by atoms with E-state index in [9.17, 15) is 9.59 Å². The molecule has 0 aromatic heterocycles. The predicted molar refractivity (Wildman–Crippen MR) is 59.6 cm³/mol. The van der Waals surface area contributed by atoms with Crippen LogP contribution in [0.1, 0.15) is 11.1 Å². The molecule has 1 aromatic rings. The molecule has 0 radical (unpaired) electrons. The molecule has 4 heteroatoms. The van der Waals surface area contributed by atoms with Gasteiger partial charge in [0.2, 0.25) is 5.78 Å². The van der Waals surface area contributed by atoms with E-state index < -0.39 is 11.8 Å². The number of benzene rings is 1. The summed E-state index contributed by atoms with van der Waals surface area (Å²) in [7, 11) is 1.20. The van der Waals surface area contributed by atoms with Gasteiger partial charge in [-0.15, -0.1) is 0 Å². The highest BCUT2D eigenvalue weighted by Gasteiger charge is 2.14. The van der Waals surface area contributed by atoms with Crippen molar-refractivity contribution in [2.24, 2.45) is 0 Å². The molecule has 15 heavy (non-hydrogen) atoms. The summed E-state index contributed by atoms with van der Waals surface area (Å²) in [6.45, 7) is 1.95. The Kier molecular flexibility index (Phi) is 4.03. The molecule has 0 unspecified atom stereocenters.